The standard InChI is InChI=1S/C16H19N3O5/c1-10-3-4-12(13(7-10)23-2)24-9-14(20)18-5-6-19-11(8-18)15(21)17-16(19)22/h3-4,7,11H,5-6,8-9H2,1-2H3,(H,17,21,22). The van der Waals surface area contributed by atoms with Gasteiger partial charge in [0.15, 0.2) is 18.1 Å². The molecule has 0 radical (unpaired) electrons. The predicted octanol–water partition coefficient (Wildman–Crippen LogP) is 0.145. The number of hydrogen-bond donors (Lipinski definition) is 1. The number of amides is 4. The number of piperazine rings is 1. The summed E-state index contributed by atoms with van der Waals surface area (Å²) in [6.07, 6.45) is 0. The minimum atomic E-state index is -0.607. The Morgan fingerprint density at radius 3 is 2.83 bits per heavy atom. The number of imide groups is 1. The van der Waals surface area contributed by atoms with Gasteiger partial charge in [-0.05, 0) is 24.6 Å². The molecule has 8 heteroatoms. The van der Waals surface area contributed by atoms with Crippen LogP contribution in [0.4, 0.5) is 4.79 Å². The van der Waals surface area contributed by atoms with Crippen LogP contribution in [0.25, 0.3) is 0 Å². The molecule has 2 fully saturated rings. The van der Waals surface area contributed by atoms with Gasteiger partial charge in [-0.1, -0.05) is 6.07 Å². The van der Waals surface area contributed by atoms with Gasteiger partial charge >= 0.3 is 6.03 Å². The molecule has 1 N–H and O–H groups in total. The molecule has 1 aromatic rings. The third kappa shape index (κ3) is 2.99. The number of hydrogen-bond acceptors (Lipinski definition) is 5. The molecule has 0 bridgehead atoms. The summed E-state index contributed by atoms with van der Waals surface area (Å²) < 4.78 is 10.8. The monoisotopic (exact) mass is 333 g/mol. The summed E-state index contributed by atoms with van der Waals surface area (Å²) in [5.74, 6) is 0.459. The SMILES string of the molecule is COc1cc(C)ccc1OCC(=O)N1CCN2C(=O)NC(=O)C2C1. The van der Waals surface area contributed by atoms with Crippen molar-refractivity contribution in [3.05, 3.63) is 23.8 Å². The summed E-state index contributed by atoms with van der Waals surface area (Å²) in [5, 5.41) is 2.26. The second kappa shape index (κ2) is 6.38. The molecule has 2 saturated heterocycles. The lowest BCUT2D eigenvalue weighted by Gasteiger charge is -2.35. The molecule has 1 unspecified atom stereocenters. The molecule has 3 rings (SSSR count). The highest BCUT2D eigenvalue weighted by Crippen LogP contribution is 2.27. The third-order valence-corrected chi connectivity index (χ3v) is 4.20. The topological polar surface area (TPSA) is 88.2 Å². The van der Waals surface area contributed by atoms with Gasteiger partial charge in [-0.2, -0.15) is 0 Å². The summed E-state index contributed by atoms with van der Waals surface area (Å²) in [6.45, 7) is 2.68. The van der Waals surface area contributed by atoms with E-state index in [9.17, 15) is 14.4 Å². The molecule has 0 spiro atoms. The lowest BCUT2D eigenvalue weighted by Crippen LogP contribution is -2.55. The summed E-state index contributed by atoms with van der Waals surface area (Å²) >= 11 is 0. The number of nitrogens with one attached hydrogen (secondary N) is 1. The van der Waals surface area contributed by atoms with Gasteiger partial charge in [0.1, 0.15) is 6.04 Å². The highest BCUT2D eigenvalue weighted by molar-refractivity contribution is 6.04. The van der Waals surface area contributed by atoms with Crippen molar-refractivity contribution in [1.82, 2.24) is 15.1 Å². The van der Waals surface area contributed by atoms with Crippen LogP contribution in [-0.4, -0.2) is 67.0 Å². The fraction of sp³-hybridized carbons (Fsp3) is 0.438. The van der Waals surface area contributed by atoms with Crippen molar-refractivity contribution in [2.24, 2.45) is 0 Å². The minimum absolute atomic E-state index is 0.151. The van der Waals surface area contributed by atoms with Gasteiger partial charge < -0.3 is 19.3 Å². The van der Waals surface area contributed by atoms with E-state index in [0.29, 0.717) is 24.6 Å². The van der Waals surface area contributed by atoms with Crippen molar-refractivity contribution in [3.63, 3.8) is 0 Å². The van der Waals surface area contributed by atoms with Gasteiger partial charge in [-0.3, -0.25) is 14.9 Å². The Morgan fingerprint density at radius 2 is 2.08 bits per heavy atom. The highest BCUT2D eigenvalue weighted by atomic mass is 16.5. The lowest BCUT2D eigenvalue weighted by molar-refractivity contribution is -0.137. The van der Waals surface area contributed by atoms with Crippen LogP contribution < -0.4 is 14.8 Å². The van der Waals surface area contributed by atoms with Crippen LogP contribution in [-0.2, 0) is 9.59 Å². The van der Waals surface area contributed by atoms with Crippen molar-refractivity contribution in [1.29, 1.82) is 0 Å². The maximum Gasteiger partial charge on any atom is 0.324 e. The molecule has 1 aromatic carbocycles. The fourth-order valence-corrected chi connectivity index (χ4v) is 2.86. The Labute approximate surface area is 139 Å². The van der Waals surface area contributed by atoms with Gasteiger partial charge in [0.05, 0.1) is 13.7 Å². The lowest BCUT2D eigenvalue weighted by atomic mass is 10.2. The molecule has 2 heterocycles. The first-order chi connectivity index (χ1) is 11.5. The third-order valence-electron chi connectivity index (χ3n) is 4.20. The molecule has 0 aliphatic carbocycles. The molecule has 2 aliphatic rings. The first-order valence-corrected chi connectivity index (χ1v) is 7.66. The first kappa shape index (κ1) is 16.1. The Hall–Kier alpha value is -2.77. The number of ether oxygens (including phenoxy) is 2. The van der Waals surface area contributed by atoms with Crippen molar-refractivity contribution < 1.29 is 23.9 Å². The molecule has 4 amide bonds. The molecular weight excluding hydrogens is 314 g/mol. The number of carbonyl (C=O) groups is 3. The van der Waals surface area contributed by atoms with Crippen LogP contribution in [0, 0.1) is 6.92 Å². The van der Waals surface area contributed by atoms with Gasteiger partial charge in [-0.15, -0.1) is 0 Å². The molecule has 1 atom stereocenters. The fourth-order valence-electron chi connectivity index (χ4n) is 2.86. The van der Waals surface area contributed by atoms with Crippen LogP contribution >= 0.6 is 0 Å². The van der Waals surface area contributed by atoms with E-state index in [-0.39, 0.29) is 25.0 Å². The van der Waals surface area contributed by atoms with E-state index in [2.05, 4.69) is 5.32 Å². The Bertz CT molecular complexity index is 690. The summed E-state index contributed by atoms with van der Waals surface area (Å²) in [7, 11) is 1.54. The van der Waals surface area contributed by atoms with Gasteiger partial charge in [0.25, 0.3) is 11.8 Å². The largest absolute Gasteiger partial charge is 0.493 e. The number of aryl methyl sites for hydroxylation is 1. The van der Waals surface area contributed by atoms with Crippen molar-refractivity contribution in [2.45, 2.75) is 13.0 Å². The molecule has 128 valence electrons. The minimum Gasteiger partial charge on any atom is -0.493 e. The van der Waals surface area contributed by atoms with Crippen LogP contribution in [0.15, 0.2) is 18.2 Å². The summed E-state index contributed by atoms with van der Waals surface area (Å²) in [6, 6.07) is 4.45. The van der Waals surface area contributed by atoms with Crippen LogP contribution in [0.2, 0.25) is 0 Å². The number of benzene rings is 1. The quantitative estimate of drug-likeness (QED) is 0.792. The number of methoxy groups -OCH3 is 1. The molecule has 24 heavy (non-hydrogen) atoms. The van der Waals surface area contributed by atoms with Crippen LogP contribution in [0.5, 0.6) is 11.5 Å². The van der Waals surface area contributed by atoms with E-state index in [1.165, 1.54) is 4.90 Å². The van der Waals surface area contributed by atoms with Gasteiger partial charge in [-0.25, -0.2) is 4.79 Å². The smallest absolute Gasteiger partial charge is 0.324 e. The molecule has 0 saturated carbocycles. The van der Waals surface area contributed by atoms with E-state index in [4.69, 9.17) is 9.47 Å². The van der Waals surface area contributed by atoms with Gasteiger partial charge in [0.2, 0.25) is 0 Å². The first-order valence-electron chi connectivity index (χ1n) is 7.66. The average Bonchev–Trinajstić information content (AvgIpc) is 2.87. The zero-order valence-electron chi connectivity index (χ0n) is 13.6. The predicted molar refractivity (Wildman–Crippen MR) is 83.8 cm³/mol. The summed E-state index contributed by atoms with van der Waals surface area (Å²) in [5.41, 5.74) is 1.03. The second-order valence-corrected chi connectivity index (χ2v) is 5.79. The van der Waals surface area contributed by atoms with Gasteiger partial charge in [0, 0.05) is 13.1 Å². The Balaban J connectivity index is 1.60. The highest BCUT2D eigenvalue weighted by Gasteiger charge is 2.42. The normalized spacial score (nSPS) is 19.8. The number of nitrogens with zero attached hydrogens (tertiary/aromatic N) is 2. The van der Waals surface area contributed by atoms with E-state index in [1.54, 1.807) is 18.1 Å². The Morgan fingerprint density at radius 1 is 1.29 bits per heavy atom. The number of rotatable bonds is 4. The number of carbonyl (C=O) groups excluding carboxylic acids is 3. The molecule has 2 aliphatic heterocycles. The second-order valence-electron chi connectivity index (χ2n) is 5.79. The molecule has 0 aromatic heterocycles. The molecule has 8 nitrogen and oxygen atoms in total. The number of fused-ring (bicyclic) bond motifs is 1. The zero-order chi connectivity index (χ0) is 17.3. The van der Waals surface area contributed by atoms with E-state index in [0.717, 1.165) is 5.56 Å². The van der Waals surface area contributed by atoms with E-state index in [1.807, 2.05) is 19.1 Å². The van der Waals surface area contributed by atoms with E-state index < -0.39 is 12.1 Å². The van der Waals surface area contributed by atoms with Crippen LogP contribution in [0.1, 0.15) is 5.56 Å². The van der Waals surface area contributed by atoms with E-state index >= 15 is 0 Å². The van der Waals surface area contributed by atoms with Crippen LogP contribution in [0.3, 0.4) is 0 Å². The zero-order valence-corrected chi connectivity index (χ0v) is 13.6. The Kier molecular flexibility index (Phi) is 4.28. The van der Waals surface area contributed by atoms with Crippen molar-refractivity contribution >= 4 is 17.8 Å². The number of urea groups is 1. The maximum absolute atomic E-state index is 12.3. The average molecular weight is 333 g/mol. The maximum atomic E-state index is 12.3. The van der Waals surface area contributed by atoms with Crippen molar-refractivity contribution in [3.8, 4) is 11.5 Å². The van der Waals surface area contributed by atoms with Crippen molar-refractivity contribution in [2.75, 3.05) is 33.4 Å². The molecular formula is C16H19N3O5. The summed E-state index contributed by atoms with van der Waals surface area (Å²) in [4.78, 5) is 38.6.